The monoisotopic (exact) mass is 532 g/mol. The number of aliphatic carboxylic acids is 1. The van der Waals surface area contributed by atoms with Crippen LogP contribution in [0.2, 0.25) is 0 Å². The Kier molecular flexibility index (Phi) is 6.61. The molecule has 1 aromatic rings. The lowest BCUT2D eigenvalue weighted by Crippen LogP contribution is -2.63. The number of halogens is 3. The highest BCUT2D eigenvalue weighted by molar-refractivity contribution is 5.92. The second-order valence-electron chi connectivity index (χ2n) is 12.1. The minimum atomic E-state index is -4.42. The molecule has 0 amide bonds. The Labute approximate surface area is 220 Å². The van der Waals surface area contributed by atoms with Crippen molar-refractivity contribution in [3.05, 3.63) is 23.9 Å². The molecule has 2 N–H and O–H groups in total. The van der Waals surface area contributed by atoms with E-state index in [0.29, 0.717) is 50.2 Å². The van der Waals surface area contributed by atoms with Gasteiger partial charge in [-0.15, -0.1) is 0 Å². The Balaban J connectivity index is 1.31. The van der Waals surface area contributed by atoms with Crippen LogP contribution >= 0.6 is 0 Å². The fourth-order valence-corrected chi connectivity index (χ4v) is 7.76. The molecule has 6 unspecified atom stereocenters. The molecule has 1 aromatic heterocycles. The minimum Gasteiger partial charge on any atom is -0.481 e. The van der Waals surface area contributed by atoms with Crippen LogP contribution in [0, 0.1) is 40.5 Å². The summed E-state index contributed by atoms with van der Waals surface area (Å²) in [5.41, 5.74) is -2.00. The van der Waals surface area contributed by atoms with E-state index in [1.165, 1.54) is 6.07 Å². The molecule has 5 aliphatic rings. The maximum Gasteiger partial charge on any atom is 0.417 e. The van der Waals surface area contributed by atoms with Crippen molar-refractivity contribution in [2.75, 3.05) is 31.1 Å². The van der Waals surface area contributed by atoms with Gasteiger partial charge in [-0.2, -0.15) is 18.4 Å². The summed E-state index contributed by atoms with van der Waals surface area (Å²) in [5, 5.41) is 22.5. The highest BCUT2D eigenvalue weighted by atomic mass is 19.4. The van der Waals surface area contributed by atoms with Gasteiger partial charge in [-0.05, 0) is 75.3 Å². The highest BCUT2D eigenvalue weighted by Crippen LogP contribution is 2.63. The average Bonchev–Trinajstić information content (AvgIpc) is 2.87. The maximum atomic E-state index is 12.9. The number of aromatic nitrogens is 1. The number of hydrogen-bond donors (Lipinski definition) is 2. The van der Waals surface area contributed by atoms with Crippen molar-refractivity contribution in [2.24, 2.45) is 34.1 Å². The lowest BCUT2D eigenvalue weighted by molar-refractivity contribution is -0.178. The van der Waals surface area contributed by atoms with E-state index in [0.717, 1.165) is 31.5 Å². The number of carboxylic acid groups (broad SMARTS) is 1. The number of aliphatic imine (C=N–C) groups is 1. The van der Waals surface area contributed by atoms with E-state index in [-0.39, 0.29) is 23.8 Å². The molecule has 1 aliphatic heterocycles. The smallest absolute Gasteiger partial charge is 0.417 e. The molecular formula is C27H35F3N6O2. The van der Waals surface area contributed by atoms with E-state index < -0.39 is 28.7 Å². The summed E-state index contributed by atoms with van der Waals surface area (Å²) in [4.78, 5) is 25.7. The zero-order chi connectivity index (χ0) is 27.5. The van der Waals surface area contributed by atoms with Gasteiger partial charge in [0.25, 0.3) is 0 Å². The highest BCUT2D eigenvalue weighted by Gasteiger charge is 2.63. The van der Waals surface area contributed by atoms with E-state index in [1.807, 2.05) is 18.7 Å². The predicted octanol–water partition coefficient (Wildman–Crippen LogP) is 4.00. The Morgan fingerprint density at radius 2 is 1.92 bits per heavy atom. The van der Waals surface area contributed by atoms with Gasteiger partial charge >= 0.3 is 12.1 Å². The second kappa shape index (κ2) is 9.40. The molecule has 0 aromatic carbocycles. The summed E-state index contributed by atoms with van der Waals surface area (Å²) in [6, 6.07) is 2.45. The largest absolute Gasteiger partial charge is 0.481 e. The van der Waals surface area contributed by atoms with Crippen molar-refractivity contribution in [3.63, 3.8) is 0 Å². The molecule has 6 rings (SSSR count). The third-order valence-electron chi connectivity index (χ3n) is 9.88. The summed E-state index contributed by atoms with van der Waals surface area (Å²) in [6.07, 6.45) is 1.90. The van der Waals surface area contributed by atoms with Crippen molar-refractivity contribution >= 4 is 17.6 Å². The van der Waals surface area contributed by atoms with Crippen molar-refractivity contribution in [1.82, 2.24) is 15.2 Å². The molecule has 0 spiro atoms. The van der Waals surface area contributed by atoms with Crippen molar-refractivity contribution in [3.8, 4) is 6.19 Å². The van der Waals surface area contributed by atoms with Gasteiger partial charge in [-0.1, -0.05) is 6.92 Å². The Bertz CT molecular complexity index is 1140. The molecule has 11 heteroatoms. The van der Waals surface area contributed by atoms with Crippen LogP contribution in [0.15, 0.2) is 23.3 Å². The van der Waals surface area contributed by atoms with Gasteiger partial charge in [-0.25, -0.2) is 4.98 Å². The van der Waals surface area contributed by atoms with Gasteiger partial charge in [0.1, 0.15) is 11.7 Å². The summed E-state index contributed by atoms with van der Waals surface area (Å²) < 4.78 is 38.7. The number of rotatable bonds is 5. The number of pyridine rings is 1. The van der Waals surface area contributed by atoms with E-state index in [9.17, 15) is 28.3 Å². The molecule has 4 aliphatic carbocycles. The molecule has 0 radical (unpaired) electrons. The minimum absolute atomic E-state index is 0.0122. The van der Waals surface area contributed by atoms with Crippen molar-refractivity contribution in [2.45, 2.75) is 64.2 Å². The third-order valence-corrected chi connectivity index (χ3v) is 9.88. The average molecular weight is 533 g/mol. The van der Waals surface area contributed by atoms with Crippen LogP contribution in [0.1, 0.15) is 52.0 Å². The number of carbonyl (C=O) groups is 1. The number of anilines is 1. The number of alkyl halides is 3. The number of nitrogens with zero attached hydrogens (tertiary/aromatic N) is 5. The molecule has 38 heavy (non-hydrogen) atoms. The third kappa shape index (κ3) is 4.40. The van der Waals surface area contributed by atoms with Gasteiger partial charge < -0.3 is 10.0 Å². The molecule has 4 bridgehead atoms. The molecule has 5 fully saturated rings. The lowest BCUT2D eigenvalue weighted by atomic mass is 9.44. The van der Waals surface area contributed by atoms with Crippen molar-refractivity contribution < 1.29 is 23.1 Å². The number of nitrogens with one attached hydrogen (secondary N) is 1. The maximum absolute atomic E-state index is 12.9. The van der Waals surface area contributed by atoms with Gasteiger partial charge in [0.15, 0.2) is 6.19 Å². The molecule has 6 atom stereocenters. The first kappa shape index (κ1) is 26.7. The predicted molar refractivity (Wildman–Crippen MR) is 135 cm³/mol. The number of amidine groups is 1. The Morgan fingerprint density at radius 1 is 1.21 bits per heavy atom. The quantitative estimate of drug-likeness (QED) is 0.256. The first-order valence-electron chi connectivity index (χ1n) is 13.4. The summed E-state index contributed by atoms with van der Waals surface area (Å²) in [5.74, 6) is 1.28. The topological polar surface area (TPSA) is 105 Å². The van der Waals surface area contributed by atoms with Crippen LogP contribution in [-0.4, -0.2) is 64.6 Å². The van der Waals surface area contributed by atoms with Crippen LogP contribution in [0.25, 0.3) is 0 Å². The van der Waals surface area contributed by atoms with Crippen LogP contribution in [-0.2, 0) is 11.0 Å². The van der Waals surface area contributed by atoms with Crippen LogP contribution < -0.4 is 10.2 Å². The SMILES string of the molecule is CC1C2CC3CC(CC1(C(=O)O)C3)C2N=C(NC#N)C(C)(C)N1CCN(c2ccc(C(F)(F)F)cn2)CC1. The van der Waals surface area contributed by atoms with E-state index in [4.69, 9.17) is 4.99 Å². The van der Waals surface area contributed by atoms with Gasteiger partial charge in [0, 0.05) is 32.4 Å². The molecule has 1 saturated heterocycles. The number of piperazine rings is 1. The van der Waals surface area contributed by atoms with Gasteiger partial charge in [-0.3, -0.25) is 20.0 Å². The number of nitriles is 1. The van der Waals surface area contributed by atoms with Crippen molar-refractivity contribution in [1.29, 1.82) is 5.26 Å². The second-order valence-corrected chi connectivity index (χ2v) is 12.1. The fraction of sp³-hybridized carbons (Fsp3) is 0.704. The summed E-state index contributed by atoms with van der Waals surface area (Å²) in [6.45, 7) is 8.53. The molecule has 2 heterocycles. The van der Waals surface area contributed by atoms with Crippen LogP contribution in [0.3, 0.4) is 0 Å². The molecular weight excluding hydrogens is 497 g/mol. The van der Waals surface area contributed by atoms with E-state index in [2.05, 4.69) is 28.3 Å². The number of carboxylic acids is 1. The first-order chi connectivity index (χ1) is 17.9. The lowest BCUT2D eigenvalue weighted by Gasteiger charge is -2.61. The Morgan fingerprint density at radius 3 is 2.50 bits per heavy atom. The zero-order valence-electron chi connectivity index (χ0n) is 22.0. The standard InChI is InChI=1S/C27H35F3N6O2/c1-16-20-11-17-10-18(13-26(16,12-17)24(37)38)22(20)34-23(33-15-31)25(2,3)36-8-6-35(7-9-36)21-5-4-19(14-32-21)27(28,29)30/h4-5,14,16-18,20,22H,6-13H2,1-3H3,(H,33,34)(H,37,38). The van der Waals surface area contributed by atoms with Crippen LogP contribution in [0.5, 0.6) is 0 Å². The van der Waals surface area contributed by atoms with Gasteiger partial charge in [0.2, 0.25) is 0 Å². The molecule has 206 valence electrons. The van der Waals surface area contributed by atoms with E-state index >= 15 is 0 Å². The molecule has 4 saturated carbocycles. The Hall–Kier alpha value is -2.87. The fourth-order valence-electron chi connectivity index (χ4n) is 7.76. The van der Waals surface area contributed by atoms with Crippen LogP contribution in [0.4, 0.5) is 19.0 Å². The summed E-state index contributed by atoms with van der Waals surface area (Å²) in [7, 11) is 0. The zero-order valence-corrected chi connectivity index (χ0v) is 22.0. The molecule has 8 nitrogen and oxygen atoms in total. The summed E-state index contributed by atoms with van der Waals surface area (Å²) >= 11 is 0. The first-order valence-corrected chi connectivity index (χ1v) is 13.4. The van der Waals surface area contributed by atoms with Gasteiger partial charge in [0.05, 0.1) is 22.6 Å². The number of hydrogen-bond acceptors (Lipinski definition) is 6. The normalized spacial score (nSPS) is 33.8. The van der Waals surface area contributed by atoms with E-state index in [1.54, 1.807) is 0 Å².